The molecular formula is C24H24F2N4O2S. The van der Waals surface area contributed by atoms with Crippen molar-refractivity contribution >= 4 is 29.2 Å². The molecule has 172 valence electrons. The van der Waals surface area contributed by atoms with E-state index in [1.807, 2.05) is 18.2 Å². The van der Waals surface area contributed by atoms with Gasteiger partial charge in [-0.15, -0.1) is 11.3 Å². The minimum atomic E-state index is -0.784. The van der Waals surface area contributed by atoms with Crippen molar-refractivity contribution in [3.05, 3.63) is 64.2 Å². The lowest BCUT2D eigenvalue weighted by atomic mass is 10.0. The van der Waals surface area contributed by atoms with Crippen LogP contribution in [0.5, 0.6) is 5.75 Å². The Morgan fingerprint density at radius 1 is 1.27 bits per heavy atom. The van der Waals surface area contributed by atoms with Crippen LogP contribution >= 0.6 is 11.3 Å². The quantitative estimate of drug-likeness (QED) is 0.414. The third-order valence-electron chi connectivity index (χ3n) is 5.12. The first-order valence-corrected chi connectivity index (χ1v) is 11.3. The van der Waals surface area contributed by atoms with E-state index >= 15 is 0 Å². The summed E-state index contributed by atoms with van der Waals surface area (Å²) in [4.78, 5) is 14.8. The molecule has 9 heteroatoms. The fourth-order valence-corrected chi connectivity index (χ4v) is 4.59. The molecule has 1 aliphatic heterocycles. The third kappa shape index (κ3) is 5.43. The predicted molar refractivity (Wildman–Crippen MR) is 127 cm³/mol. The van der Waals surface area contributed by atoms with Gasteiger partial charge >= 0.3 is 0 Å². The number of aliphatic hydroxyl groups is 1. The van der Waals surface area contributed by atoms with Gasteiger partial charge in [0.1, 0.15) is 22.9 Å². The zero-order valence-corrected chi connectivity index (χ0v) is 19.1. The summed E-state index contributed by atoms with van der Waals surface area (Å²) in [5.41, 5.74) is 7.29. The Labute approximate surface area is 194 Å². The van der Waals surface area contributed by atoms with Gasteiger partial charge in [0.25, 0.3) is 0 Å². The van der Waals surface area contributed by atoms with Crippen LogP contribution in [0.1, 0.15) is 36.4 Å². The highest BCUT2D eigenvalue weighted by atomic mass is 32.1. The number of halogens is 2. The summed E-state index contributed by atoms with van der Waals surface area (Å²) in [6.07, 6.45) is 2.95. The Morgan fingerprint density at radius 3 is 2.82 bits per heavy atom. The number of aryl methyl sites for hydroxylation is 1. The Balaban J connectivity index is 1.75. The molecule has 1 aliphatic rings. The van der Waals surface area contributed by atoms with Gasteiger partial charge in [0.05, 0.1) is 28.3 Å². The molecule has 0 spiro atoms. The first-order chi connectivity index (χ1) is 15.7. The van der Waals surface area contributed by atoms with Crippen molar-refractivity contribution in [2.75, 3.05) is 6.61 Å². The maximum absolute atomic E-state index is 14.2. The smallest absolute Gasteiger partial charge is 0.171 e. The number of nitrogens with two attached hydrogens (primary N) is 1. The summed E-state index contributed by atoms with van der Waals surface area (Å²) >= 11 is 1.41. The summed E-state index contributed by atoms with van der Waals surface area (Å²) in [5, 5.41) is 10.1. The van der Waals surface area contributed by atoms with E-state index in [1.165, 1.54) is 17.4 Å². The number of ether oxygens (including phenoxy) is 1. The predicted octanol–water partition coefficient (Wildman–Crippen LogP) is 4.79. The lowest BCUT2D eigenvalue weighted by Crippen LogP contribution is -2.19. The molecule has 3 N–H and O–H groups in total. The minimum absolute atomic E-state index is 0.0312. The molecule has 0 atom stereocenters. The standard InChI is InChI=1S/C24H24F2N4O2S/c1-24(2,31)9-7-16-4-6-19-21(29-16)22-14(8-10-32-19)11-20(33-22)23(28-13-27)30-18-5-3-15(25)12-17(18)26/h3-6,11-13,31H,7-10H2,1-2H3,(H2,27,28,30). The van der Waals surface area contributed by atoms with Gasteiger partial charge in [0.2, 0.25) is 0 Å². The summed E-state index contributed by atoms with van der Waals surface area (Å²) < 4.78 is 33.3. The van der Waals surface area contributed by atoms with Gasteiger partial charge in [-0.05, 0) is 62.6 Å². The number of hydrogen-bond donors (Lipinski definition) is 2. The van der Waals surface area contributed by atoms with Gasteiger partial charge in [0, 0.05) is 18.2 Å². The Kier molecular flexibility index (Phi) is 6.53. The molecule has 3 heterocycles. The van der Waals surface area contributed by atoms with E-state index in [0.717, 1.165) is 40.3 Å². The first-order valence-electron chi connectivity index (χ1n) is 10.5. The number of pyridine rings is 1. The van der Waals surface area contributed by atoms with Crippen molar-refractivity contribution in [3.63, 3.8) is 0 Å². The van der Waals surface area contributed by atoms with E-state index in [1.54, 1.807) is 13.8 Å². The average molecular weight is 471 g/mol. The van der Waals surface area contributed by atoms with Crippen LogP contribution in [0.25, 0.3) is 10.6 Å². The van der Waals surface area contributed by atoms with Crippen molar-refractivity contribution in [1.29, 1.82) is 0 Å². The van der Waals surface area contributed by atoms with Crippen LogP contribution in [0.3, 0.4) is 0 Å². The van der Waals surface area contributed by atoms with Crippen molar-refractivity contribution in [2.24, 2.45) is 15.7 Å². The maximum atomic E-state index is 14.2. The highest BCUT2D eigenvalue weighted by Crippen LogP contribution is 2.40. The Morgan fingerprint density at radius 2 is 2.09 bits per heavy atom. The lowest BCUT2D eigenvalue weighted by molar-refractivity contribution is 0.0711. The van der Waals surface area contributed by atoms with E-state index in [4.69, 9.17) is 15.5 Å². The second-order valence-electron chi connectivity index (χ2n) is 8.33. The minimum Gasteiger partial charge on any atom is -0.491 e. The van der Waals surface area contributed by atoms with Crippen molar-refractivity contribution in [1.82, 2.24) is 4.98 Å². The second-order valence-corrected chi connectivity index (χ2v) is 9.39. The molecule has 2 aromatic heterocycles. The number of hydrogen-bond acceptors (Lipinski definition) is 5. The molecule has 0 unspecified atom stereocenters. The number of nitrogens with zero attached hydrogens (tertiary/aromatic N) is 3. The van der Waals surface area contributed by atoms with Crippen LogP contribution in [0, 0.1) is 11.6 Å². The molecule has 6 nitrogen and oxygen atoms in total. The van der Waals surface area contributed by atoms with E-state index < -0.39 is 17.2 Å². The van der Waals surface area contributed by atoms with Crippen LogP contribution in [0.15, 0.2) is 46.4 Å². The molecule has 1 aromatic carbocycles. The van der Waals surface area contributed by atoms with E-state index in [9.17, 15) is 13.9 Å². The zero-order valence-electron chi connectivity index (χ0n) is 18.3. The van der Waals surface area contributed by atoms with Crippen molar-refractivity contribution in [3.8, 4) is 16.3 Å². The number of fused-ring (bicyclic) bond motifs is 3. The molecule has 33 heavy (non-hydrogen) atoms. The van der Waals surface area contributed by atoms with Gasteiger partial charge < -0.3 is 15.6 Å². The number of rotatable bonds is 5. The van der Waals surface area contributed by atoms with Gasteiger partial charge in [-0.25, -0.2) is 23.7 Å². The largest absolute Gasteiger partial charge is 0.491 e. The van der Waals surface area contributed by atoms with Gasteiger partial charge in [0.15, 0.2) is 11.7 Å². The molecule has 0 aliphatic carbocycles. The zero-order chi connectivity index (χ0) is 23.6. The van der Waals surface area contributed by atoms with E-state index in [-0.39, 0.29) is 11.5 Å². The molecule has 0 saturated heterocycles. The van der Waals surface area contributed by atoms with Crippen LogP contribution in [0.4, 0.5) is 14.5 Å². The number of aliphatic imine (C=N–C) groups is 2. The SMILES string of the molecule is CC(C)(O)CCc1ccc2c(n1)-c1sc(C(N=CN)=Nc3ccc(F)cc3F)cc1CCO2. The molecule has 0 fully saturated rings. The van der Waals surface area contributed by atoms with Gasteiger partial charge in [-0.1, -0.05) is 0 Å². The lowest BCUT2D eigenvalue weighted by Gasteiger charge is -2.16. The summed E-state index contributed by atoms with van der Waals surface area (Å²) in [6.45, 7) is 4.03. The van der Waals surface area contributed by atoms with E-state index in [0.29, 0.717) is 36.5 Å². The first kappa shape index (κ1) is 23.0. The highest BCUT2D eigenvalue weighted by molar-refractivity contribution is 7.17. The molecule has 0 amide bonds. The molecule has 0 radical (unpaired) electrons. The molecule has 4 rings (SSSR count). The second kappa shape index (κ2) is 9.36. The molecule has 0 bridgehead atoms. The fraction of sp³-hybridized carbons (Fsp3) is 0.292. The monoisotopic (exact) mass is 470 g/mol. The molecular weight excluding hydrogens is 446 g/mol. The van der Waals surface area contributed by atoms with Crippen LogP contribution in [-0.4, -0.2) is 34.5 Å². The fourth-order valence-electron chi connectivity index (χ4n) is 3.44. The van der Waals surface area contributed by atoms with Crippen molar-refractivity contribution < 1.29 is 18.6 Å². The van der Waals surface area contributed by atoms with E-state index in [2.05, 4.69) is 9.98 Å². The Hall–Kier alpha value is -3.17. The van der Waals surface area contributed by atoms with Crippen molar-refractivity contribution in [2.45, 2.75) is 38.7 Å². The number of amidine groups is 1. The molecule has 3 aromatic rings. The normalized spacial score (nSPS) is 14.0. The number of thiophene rings is 1. The highest BCUT2D eigenvalue weighted by Gasteiger charge is 2.23. The molecule has 0 saturated carbocycles. The summed E-state index contributed by atoms with van der Waals surface area (Å²) in [7, 11) is 0. The van der Waals surface area contributed by atoms with Gasteiger partial charge in [-0.3, -0.25) is 0 Å². The number of benzene rings is 1. The van der Waals surface area contributed by atoms with Gasteiger partial charge in [-0.2, -0.15) is 0 Å². The number of aromatic nitrogens is 1. The Bertz CT molecular complexity index is 1230. The topological polar surface area (TPSA) is 93.1 Å². The maximum Gasteiger partial charge on any atom is 0.171 e. The summed E-state index contributed by atoms with van der Waals surface area (Å²) in [6, 6.07) is 8.91. The van der Waals surface area contributed by atoms with Crippen LogP contribution < -0.4 is 10.5 Å². The average Bonchev–Trinajstić information content (AvgIpc) is 3.10. The van der Waals surface area contributed by atoms with Crippen LogP contribution in [0.2, 0.25) is 0 Å². The third-order valence-corrected chi connectivity index (χ3v) is 6.30. The summed E-state index contributed by atoms with van der Waals surface area (Å²) in [5.74, 6) is -0.558. The van der Waals surface area contributed by atoms with Crippen LogP contribution in [-0.2, 0) is 12.8 Å².